The molecule has 0 unspecified atom stereocenters. The van der Waals surface area contributed by atoms with Gasteiger partial charge in [0.25, 0.3) is 0 Å². The average molecular weight is 480 g/mol. The van der Waals surface area contributed by atoms with E-state index in [9.17, 15) is 15.0 Å². The first-order valence-corrected chi connectivity index (χ1v) is 12.4. The van der Waals surface area contributed by atoms with E-state index in [2.05, 4.69) is 14.9 Å². The predicted octanol–water partition coefficient (Wildman–Crippen LogP) is 4.32. The summed E-state index contributed by atoms with van der Waals surface area (Å²) in [5.74, 6) is 1.56. The van der Waals surface area contributed by atoms with Crippen molar-refractivity contribution < 1.29 is 24.2 Å². The average Bonchev–Trinajstić information content (AvgIpc) is 3.26. The third-order valence-corrected chi connectivity index (χ3v) is 7.87. The van der Waals surface area contributed by atoms with Gasteiger partial charge in [0.1, 0.15) is 11.5 Å². The second kappa shape index (κ2) is 9.95. The topological polar surface area (TPSA) is 109 Å². The number of ether oxygens (including phenoxy) is 1. The molecule has 186 valence electrons. The standard InChI is InChI=1S/C27H33N3O5/c1-16-14-29-26(35-16)18-11-19(12-18)30-10-8-17(23(15-30)27(32)33)3-6-25(31)21-7-9-28-24-5-4-20(34-2)13-22(21)24/h4-5,7,9,13-14,17-19,23,25,31H,3,6,8,10-12,15H2,1-2H3,(H,32,33)/t17-,18?,19?,23+,25+/m1/s1. The van der Waals surface area contributed by atoms with E-state index < -0.39 is 18.0 Å². The number of likely N-dealkylation sites (tertiary alicyclic amines) is 1. The zero-order valence-corrected chi connectivity index (χ0v) is 20.3. The van der Waals surface area contributed by atoms with E-state index in [4.69, 9.17) is 9.15 Å². The van der Waals surface area contributed by atoms with Crippen LogP contribution in [0.5, 0.6) is 5.75 Å². The van der Waals surface area contributed by atoms with Crippen molar-refractivity contribution in [3.8, 4) is 5.75 Å². The third kappa shape index (κ3) is 4.90. The number of carbonyl (C=O) groups is 1. The molecule has 3 aromatic rings. The van der Waals surface area contributed by atoms with Crippen LogP contribution in [0, 0.1) is 18.8 Å². The number of piperidine rings is 1. The van der Waals surface area contributed by atoms with Gasteiger partial charge in [-0.25, -0.2) is 4.98 Å². The smallest absolute Gasteiger partial charge is 0.308 e. The Bertz CT molecular complexity index is 1190. The number of fused-ring (bicyclic) bond motifs is 1. The van der Waals surface area contributed by atoms with Crippen molar-refractivity contribution in [3.63, 3.8) is 0 Å². The van der Waals surface area contributed by atoms with Crippen molar-refractivity contribution in [2.75, 3.05) is 20.2 Å². The van der Waals surface area contributed by atoms with Crippen molar-refractivity contribution in [1.29, 1.82) is 0 Å². The SMILES string of the molecule is COc1ccc2nccc([C@@H](O)CC[C@@H]3CCN(C4CC(c5ncc(C)o5)C4)C[C@@H]3C(=O)O)c2c1. The number of oxazole rings is 1. The molecule has 8 heteroatoms. The first-order valence-electron chi connectivity index (χ1n) is 12.4. The molecule has 8 nitrogen and oxygen atoms in total. The number of methoxy groups -OCH3 is 1. The molecule has 2 N–H and O–H groups in total. The monoisotopic (exact) mass is 479 g/mol. The molecular weight excluding hydrogens is 446 g/mol. The number of benzene rings is 1. The summed E-state index contributed by atoms with van der Waals surface area (Å²) in [6, 6.07) is 7.86. The summed E-state index contributed by atoms with van der Waals surface area (Å²) in [7, 11) is 1.62. The van der Waals surface area contributed by atoms with Crippen LogP contribution in [0.3, 0.4) is 0 Å². The number of aliphatic carboxylic acids is 1. The number of hydrogen-bond donors (Lipinski definition) is 2. The molecule has 1 aliphatic carbocycles. The Morgan fingerprint density at radius 1 is 1.29 bits per heavy atom. The summed E-state index contributed by atoms with van der Waals surface area (Å²) in [4.78, 5) is 23.2. The first-order chi connectivity index (χ1) is 16.9. The van der Waals surface area contributed by atoms with Gasteiger partial charge in [-0.3, -0.25) is 14.7 Å². The van der Waals surface area contributed by atoms with Gasteiger partial charge < -0.3 is 19.4 Å². The first kappa shape index (κ1) is 23.8. The number of hydrogen-bond acceptors (Lipinski definition) is 7. The maximum atomic E-state index is 12.2. The van der Waals surface area contributed by atoms with E-state index in [1.165, 1.54) is 0 Å². The van der Waals surface area contributed by atoms with Crippen LogP contribution in [-0.2, 0) is 4.79 Å². The van der Waals surface area contributed by atoms with Crippen LogP contribution in [0.1, 0.15) is 61.3 Å². The number of aromatic nitrogens is 2. The number of carboxylic acid groups (broad SMARTS) is 1. The molecule has 2 aromatic heterocycles. The number of aryl methyl sites for hydroxylation is 1. The van der Waals surface area contributed by atoms with Crippen LogP contribution in [-0.4, -0.2) is 57.3 Å². The van der Waals surface area contributed by atoms with E-state index in [0.717, 1.165) is 53.9 Å². The Balaban J connectivity index is 1.20. The summed E-state index contributed by atoms with van der Waals surface area (Å²) in [6.45, 7) is 3.36. The fourth-order valence-corrected chi connectivity index (χ4v) is 5.72. The number of carboxylic acids is 1. The van der Waals surface area contributed by atoms with Crippen LogP contribution >= 0.6 is 0 Å². The van der Waals surface area contributed by atoms with Crippen LogP contribution < -0.4 is 4.74 Å². The Kier molecular flexibility index (Phi) is 6.75. The molecule has 1 aliphatic heterocycles. The minimum atomic E-state index is -0.743. The van der Waals surface area contributed by atoms with Crippen molar-refractivity contribution >= 4 is 16.9 Å². The quantitative estimate of drug-likeness (QED) is 0.492. The van der Waals surface area contributed by atoms with Gasteiger partial charge in [-0.2, -0.15) is 0 Å². The van der Waals surface area contributed by atoms with E-state index >= 15 is 0 Å². The maximum Gasteiger partial charge on any atom is 0.308 e. The third-order valence-electron chi connectivity index (χ3n) is 7.87. The molecule has 0 bridgehead atoms. The maximum absolute atomic E-state index is 12.2. The Hall–Kier alpha value is -2.97. The van der Waals surface area contributed by atoms with Crippen molar-refractivity contribution in [2.24, 2.45) is 11.8 Å². The fourth-order valence-electron chi connectivity index (χ4n) is 5.72. The lowest BCUT2D eigenvalue weighted by Crippen LogP contribution is -2.52. The van der Waals surface area contributed by atoms with E-state index in [1.807, 2.05) is 31.2 Å². The number of aliphatic hydroxyl groups is 1. The summed E-state index contributed by atoms with van der Waals surface area (Å²) in [6.07, 6.45) is 6.72. The Labute approximate surface area is 204 Å². The summed E-state index contributed by atoms with van der Waals surface area (Å²) >= 11 is 0. The number of pyridine rings is 1. The number of aliphatic hydroxyl groups excluding tert-OH is 1. The molecule has 2 aliphatic rings. The zero-order chi connectivity index (χ0) is 24.5. The van der Waals surface area contributed by atoms with Crippen molar-refractivity contribution in [1.82, 2.24) is 14.9 Å². The van der Waals surface area contributed by atoms with E-state index in [0.29, 0.717) is 37.1 Å². The van der Waals surface area contributed by atoms with Gasteiger partial charge >= 0.3 is 5.97 Å². The van der Waals surface area contributed by atoms with Gasteiger partial charge in [-0.1, -0.05) is 0 Å². The highest BCUT2D eigenvalue weighted by atomic mass is 16.5. The zero-order valence-electron chi connectivity index (χ0n) is 20.3. The van der Waals surface area contributed by atoms with Crippen molar-refractivity contribution in [2.45, 2.75) is 57.1 Å². The van der Waals surface area contributed by atoms with Crippen molar-refractivity contribution in [3.05, 3.63) is 53.9 Å². The lowest BCUT2D eigenvalue weighted by Gasteiger charge is -2.46. The molecular formula is C27H33N3O5. The Morgan fingerprint density at radius 3 is 2.83 bits per heavy atom. The number of rotatable bonds is 8. The number of nitrogens with zero attached hydrogens (tertiary/aromatic N) is 3. The molecule has 0 spiro atoms. The van der Waals surface area contributed by atoms with Gasteiger partial charge in [0.05, 0.1) is 30.8 Å². The molecule has 1 saturated heterocycles. The highest BCUT2D eigenvalue weighted by Crippen LogP contribution is 2.42. The summed E-state index contributed by atoms with van der Waals surface area (Å²) in [5.41, 5.74) is 1.61. The minimum absolute atomic E-state index is 0.0475. The van der Waals surface area contributed by atoms with Gasteiger partial charge in [0.15, 0.2) is 5.89 Å². The summed E-state index contributed by atoms with van der Waals surface area (Å²) < 4.78 is 11.0. The molecule has 1 aromatic carbocycles. The molecule has 2 fully saturated rings. The second-order valence-electron chi connectivity index (χ2n) is 10.00. The van der Waals surface area contributed by atoms with Crippen LogP contribution in [0.25, 0.3) is 10.9 Å². The van der Waals surface area contributed by atoms with E-state index in [1.54, 1.807) is 19.5 Å². The lowest BCUT2D eigenvalue weighted by atomic mass is 9.75. The molecule has 3 atom stereocenters. The normalized spacial score (nSPS) is 25.8. The Morgan fingerprint density at radius 2 is 2.11 bits per heavy atom. The molecule has 3 heterocycles. The van der Waals surface area contributed by atoms with Gasteiger partial charge in [-0.15, -0.1) is 0 Å². The van der Waals surface area contributed by atoms with E-state index in [-0.39, 0.29) is 5.92 Å². The summed E-state index contributed by atoms with van der Waals surface area (Å²) in [5, 5.41) is 21.9. The molecule has 0 amide bonds. The second-order valence-corrected chi connectivity index (χ2v) is 10.00. The highest BCUT2D eigenvalue weighted by Gasteiger charge is 2.42. The van der Waals surface area contributed by atoms with Gasteiger partial charge in [0.2, 0.25) is 0 Å². The molecule has 1 saturated carbocycles. The van der Waals surface area contributed by atoms with Crippen LogP contribution in [0.2, 0.25) is 0 Å². The lowest BCUT2D eigenvalue weighted by molar-refractivity contribution is -0.147. The van der Waals surface area contributed by atoms with Crippen LogP contribution in [0.15, 0.2) is 41.1 Å². The molecule has 0 radical (unpaired) electrons. The minimum Gasteiger partial charge on any atom is -0.497 e. The van der Waals surface area contributed by atoms with Gasteiger partial charge in [-0.05, 0) is 81.3 Å². The fraction of sp³-hybridized carbons (Fsp3) is 0.519. The van der Waals surface area contributed by atoms with Gasteiger partial charge in [0, 0.05) is 30.1 Å². The highest BCUT2D eigenvalue weighted by molar-refractivity contribution is 5.83. The predicted molar refractivity (Wildman–Crippen MR) is 130 cm³/mol. The molecule has 35 heavy (non-hydrogen) atoms. The largest absolute Gasteiger partial charge is 0.497 e. The van der Waals surface area contributed by atoms with Crippen LogP contribution in [0.4, 0.5) is 0 Å². The molecule has 5 rings (SSSR count).